The van der Waals surface area contributed by atoms with E-state index < -0.39 is 0 Å². The van der Waals surface area contributed by atoms with Crippen molar-refractivity contribution >= 4 is 44.9 Å². The molecule has 3 heterocycles. The van der Waals surface area contributed by atoms with Crippen LogP contribution in [0.5, 0.6) is 0 Å². The summed E-state index contributed by atoms with van der Waals surface area (Å²) in [4.78, 5) is 19.4. The number of thioether (sulfide) groups is 1. The van der Waals surface area contributed by atoms with Crippen molar-refractivity contribution < 1.29 is 4.79 Å². The number of carbonyl (C=O) groups excluding carboxylic acids is 1. The molecule has 8 heteroatoms. The summed E-state index contributed by atoms with van der Waals surface area (Å²) in [6.45, 7) is 0. The van der Waals surface area contributed by atoms with Crippen molar-refractivity contribution in [3.05, 3.63) is 16.8 Å². The zero-order chi connectivity index (χ0) is 17.5. The van der Waals surface area contributed by atoms with Gasteiger partial charge in [-0.3, -0.25) is 9.20 Å². The molecule has 0 radical (unpaired) electrons. The SMILES string of the molecule is O=C(CSc1nnc2c3c4c(sc3ncn12)CCCC4)NC1CCCC1. The molecule has 1 saturated carbocycles. The van der Waals surface area contributed by atoms with E-state index in [9.17, 15) is 4.79 Å². The van der Waals surface area contributed by atoms with Crippen molar-refractivity contribution in [1.82, 2.24) is 24.9 Å². The number of rotatable bonds is 4. The largest absolute Gasteiger partial charge is 0.353 e. The van der Waals surface area contributed by atoms with Gasteiger partial charge in [0.05, 0.1) is 11.1 Å². The van der Waals surface area contributed by atoms with Gasteiger partial charge in [0.2, 0.25) is 5.91 Å². The highest BCUT2D eigenvalue weighted by atomic mass is 32.2. The van der Waals surface area contributed by atoms with Crippen LogP contribution in [0.25, 0.3) is 15.9 Å². The van der Waals surface area contributed by atoms with Crippen LogP contribution in [0, 0.1) is 0 Å². The van der Waals surface area contributed by atoms with Crippen molar-refractivity contribution in [2.75, 3.05) is 5.75 Å². The van der Waals surface area contributed by atoms with Crippen LogP contribution in [-0.2, 0) is 17.6 Å². The van der Waals surface area contributed by atoms with Crippen molar-refractivity contribution in [3.8, 4) is 0 Å². The number of thiophene rings is 1. The molecule has 2 aliphatic rings. The molecule has 0 aromatic carbocycles. The molecule has 0 aliphatic heterocycles. The van der Waals surface area contributed by atoms with Gasteiger partial charge in [-0.25, -0.2) is 4.98 Å². The Morgan fingerprint density at radius 1 is 1.23 bits per heavy atom. The van der Waals surface area contributed by atoms with Crippen LogP contribution in [0.3, 0.4) is 0 Å². The van der Waals surface area contributed by atoms with Crippen molar-refractivity contribution in [1.29, 1.82) is 0 Å². The van der Waals surface area contributed by atoms with E-state index in [2.05, 4.69) is 20.5 Å². The summed E-state index contributed by atoms with van der Waals surface area (Å²) < 4.78 is 1.94. The topological polar surface area (TPSA) is 72.2 Å². The van der Waals surface area contributed by atoms with Crippen molar-refractivity contribution in [2.24, 2.45) is 0 Å². The number of nitrogens with zero attached hydrogens (tertiary/aromatic N) is 4. The van der Waals surface area contributed by atoms with E-state index >= 15 is 0 Å². The molecule has 0 bridgehead atoms. The van der Waals surface area contributed by atoms with Gasteiger partial charge in [-0.2, -0.15) is 0 Å². The fourth-order valence-corrected chi connectivity index (χ4v) is 6.04. The minimum Gasteiger partial charge on any atom is -0.353 e. The number of amides is 1. The standard InChI is InChI=1S/C18H21N5OS2/c24-14(20-11-5-1-2-6-11)9-25-18-22-21-16-15-12-7-3-4-8-13(12)26-17(15)19-10-23(16)18/h10-11H,1-9H2,(H,20,24). The average Bonchev–Trinajstić information content (AvgIpc) is 3.37. The molecule has 3 aromatic rings. The second kappa shape index (κ2) is 6.81. The summed E-state index contributed by atoms with van der Waals surface area (Å²) in [6, 6.07) is 0.358. The highest BCUT2D eigenvalue weighted by molar-refractivity contribution is 7.99. The average molecular weight is 388 g/mol. The molecule has 26 heavy (non-hydrogen) atoms. The van der Waals surface area contributed by atoms with E-state index in [1.807, 2.05) is 4.40 Å². The monoisotopic (exact) mass is 387 g/mol. The number of aryl methyl sites for hydroxylation is 2. The molecule has 6 nitrogen and oxygen atoms in total. The van der Waals surface area contributed by atoms with Gasteiger partial charge in [0.25, 0.3) is 0 Å². The Morgan fingerprint density at radius 2 is 2.08 bits per heavy atom. The highest BCUT2D eigenvalue weighted by Gasteiger charge is 2.22. The van der Waals surface area contributed by atoms with Gasteiger partial charge in [-0.05, 0) is 44.1 Å². The number of hydrogen-bond acceptors (Lipinski definition) is 6. The lowest BCUT2D eigenvalue weighted by Crippen LogP contribution is -2.33. The Bertz CT molecular complexity index is 973. The zero-order valence-electron chi connectivity index (χ0n) is 14.5. The van der Waals surface area contributed by atoms with Crippen LogP contribution in [0.15, 0.2) is 11.5 Å². The summed E-state index contributed by atoms with van der Waals surface area (Å²) >= 11 is 3.23. The molecule has 0 atom stereocenters. The third-order valence-electron chi connectivity index (χ3n) is 5.38. The van der Waals surface area contributed by atoms with Gasteiger partial charge in [-0.1, -0.05) is 24.6 Å². The molecular formula is C18H21N5OS2. The van der Waals surface area contributed by atoms with Crippen LogP contribution in [-0.4, -0.2) is 37.3 Å². The third-order valence-corrected chi connectivity index (χ3v) is 7.53. The van der Waals surface area contributed by atoms with Crippen molar-refractivity contribution in [3.63, 3.8) is 0 Å². The van der Waals surface area contributed by atoms with Gasteiger partial charge < -0.3 is 5.32 Å². The minimum atomic E-state index is 0.0839. The Balaban J connectivity index is 1.39. The quantitative estimate of drug-likeness (QED) is 0.695. The first-order valence-corrected chi connectivity index (χ1v) is 11.2. The van der Waals surface area contributed by atoms with Crippen molar-refractivity contribution in [2.45, 2.75) is 62.6 Å². The maximum absolute atomic E-state index is 12.2. The Morgan fingerprint density at radius 3 is 2.96 bits per heavy atom. The van der Waals surface area contributed by atoms with Gasteiger partial charge >= 0.3 is 0 Å². The molecule has 2 aliphatic carbocycles. The van der Waals surface area contributed by atoms with Gasteiger partial charge in [-0.15, -0.1) is 21.5 Å². The first kappa shape index (κ1) is 16.5. The zero-order valence-corrected chi connectivity index (χ0v) is 16.2. The molecular weight excluding hydrogens is 366 g/mol. The Hall–Kier alpha value is -1.67. The number of fused-ring (bicyclic) bond motifs is 5. The number of hydrogen-bond donors (Lipinski definition) is 1. The molecule has 136 valence electrons. The maximum atomic E-state index is 12.2. The molecule has 1 fully saturated rings. The highest BCUT2D eigenvalue weighted by Crippen LogP contribution is 2.37. The van der Waals surface area contributed by atoms with Gasteiger partial charge in [0, 0.05) is 10.9 Å². The summed E-state index contributed by atoms with van der Waals surface area (Å²) in [6.07, 6.45) is 11.2. The van der Waals surface area contributed by atoms with E-state index in [0.717, 1.165) is 41.3 Å². The normalized spacial score (nSPS) is 17.8. The lowest BCUT2D eigenvalue weighted by Gasteiger charge is -2.11. The number of aromatic nitrogens is 4. The fraction of sp³-hybridized carbons (Fsp3) is 0.556. The smallest absolute Gasteiger partial charge is 0.230 e. The molecule has 0 saturated heterocycles. The number of nitrogens with one attached hydrogen (secondary N) is 1. The molecule has 5 rings (SSSR count). The molecule has 3 aromatic heterocycles. The van der Waals surface area contributed by atoms with Crippen LogP contribution < -0.4 is 5.32 Å². The first-order valence-electron chi connectivity index (χ1n) is 9.36. The van der Waals surface area contributed by atoms with E-state index in [1.165, 1.54) is 53.3 Å². The van der Waals surface area contributed by atoms with E-state index in [4.69, 9.17) is 0 Å². The molecule has 0 unspecified atom stereocenters. The van der Waals surface area contributed by atoms with E-state index in [-0.39, 0.29) is 5.91 Å². The lowest BCUT2D eigenvalue weighted by atomic mass is 9.97. The summed E-state index contributed by atoms with van der Waals surface area (Å²) in [5, 5.41) is 13.8. The predicted octanol–water partition coefficient (Wildman–Crippen LogP) is 3.37. The molecule has 1 amide bonds. The predicted molar refractivity (Wildman–Crippen MR) is 104 cm³/mol. The fourth-order valence-electron chi connectivity index (χ4n) is 4.10. The van der Waals surface area contributed by atoms with Crippen LogP contribution >= 0.6 is 23.1 Å². The summed E-state index contributed by atoms with van der Waals surface area (Å²) in [7, 11) is 0. The third kappa shape index (κ3) is 2.89. The van der Waals surface area contributed by atoms with E-state index in [1.54, 1.807) is 17.7 Å². The molecule has 0 spiro atoms. The minimum absolute atomic E-state index is 0.0839. The maximum Gasteiger partial charge on any atom is 0.230 e. The van der Waals surface area contributed by atoms with Crippen LogP contribution in [0.1, 0.15) is 49.0 Å². The summed E-state index contributed by atoms with van der Waals surface area (Å²) in [5.74, 6) is 0.456. The van der Waals surface area contributed by atoms with Crippen LogP contribution in [0.4, 0.5) is 0 Å². The second-order valence-electron chi connectivity index (χ2n) is 7.15. The van der Waals surface area contributed by atoms with Gasteiger partial charge in [0.15, 0.2) is 10.8 Å². The second-order valence-corrected chi connectivity index (χ2v) is 9.18. The Labute approximate surface area is 159 Å². The Kier molecular flexibility index (Phi) is 4.32. The van der Waals surface area contributed by atoms with Crippen LogP contribution in [0.2, 0.25) is 0 Å². The van der Waals surface area contributed by atoms with E-state index in [0.29, 0.717) is 11.8 Å². The summed E-state index contributed by atoms with van der Waals surface area (Å²) in [5.41, 5.74) is 2.30. The van der Waals surface area contributed by atoms with Gasteiger partial charge in [0.1, 0.15) is 11.2 Å². The first-order chi connectivity index (χ1) is 12.8. The lowest BCUT2D eigenvalue weighted by molar-refractivity contribution is -0.119. The number of carbonyl (C=O) groups is 1. The molecule has 1 N–H and O–H groups in total.